The van der Waals surface area contributed by atoms with Crippen LogP contribution in [0.15, 0.2) is 23.1 Å². The Kier molecular flexibility index (Phi) is 13.7. The van der Waals surface area contributed by atoms with Gasteiger partial charge in [-0.25, -0.2) is 4.98 Å². The molecule has 1 aromatic carbocycles. The number of aromatic nitrogens is 2. The van der Waals surface area contributed by atoms with Gasteiger partial charge in [0.1, 0.15) is 5.82 Å². The summed E-state index contributed by atoms with van der Waals surface area (Å²) in [7, 11) is -8.67. The van der Waals surface area contributed by atoms with E-state index in [0.717, 1.165) is 24.1 Å². The van der Waals surface area contributed by atoms with Gasteiger partial charge in [-0.2, -0.15) is 16.8 Å². The lowest BCUT2D eigenvalue weighted by atomic mass is 10.0. The van der Waals surface area contributed by atoms with E-state index < -0.39 is 26.0 Å². The number of rotatable bonds is 20. The molecule has 0 fully saturated rings. The number of imidazole rings is 1. The van der Waals surface area contributed by atoms with Crippen LogP contribution in [-0.4, -0.2) is 46.1 Å². The van der Waals surface area contributed by atoms with E-state index in [0.29, 0.717) is 23.3 Å². The second-order valence-electron chi connectivity index (χ2n) is 9.80. The first kappa shape index (κ1) is 31.8. The molecule has 0 radical (unpaired) electrons. The molecule has 0 atom stereocenters. The third kappa shape index (κ3) is 12.3. The minimum absolute atomic E-state index is 0.110. The Morgan fingerprint density at radius 1 is 0.865 bits per heavy atom. The lowest BCUT2D eigenvalue weighted by Gasteiger charge is -2.10. The molecular weight excluding hydrogens is 532 g/mol. The quantitative estimate of drug-likeness (QED) is 0.103. The molecule has 2 aromatic rings. The minimum atomic E-state index is -4.43. The van der Waals surface area contributed by atoms with Crippen molar-refractivity contribution in [3.8, 4) is 0 Å². The lowest BCUT2D eigenvalue weighted by molar-refractivity contribution is 0.477. The normalized spacial score (nSPS) is 12.4. The average Bonchev–Trinajstić information content (AvgIpc) is 3.15. The maximum absolute atomic E-state index is 11.6. The minimum Gasteiger partial charge on any atom is -0.327 e. The Morgan fingerprint density at radius 3 is 1.92 bits per heavy atom. The molecule has 37 heavy (non-hydrogen) atoms. The molecule has 0 aliphatic heterocycles. The standard InChI is InChI=1S/C26H42N2O6S3/c1-2-3-4-5-6-7-8-9-10-11-12-13-14-15-22(35)20-26-27-24-17-16-23(37(32,33)34)21-25(24)28(26)18-19-36(29,30)31/h16-17,21H,2-15,18-20H2,1H3,(H,29,30,31)(H,32,33,34). The van der Waals surface area contributed by atoms with Gasteiger partial charge < -0.3 is 4.57 Å². The highest BCUT2D eigenvalue weighted by atomic mass is 32.2. The van der Waals surface area contributed by atoms with Gasteiger partial charge in [0.15, 0.2) is 0 Å². The third-order valence-electron chi connectivity index (χ3n) is 6.58. The average molecular weight is 575 g/mol. The SMILES string of the molecule is CCCCCCCCCCCCCCCC(=S)Cc1nc2ccc(S(=O)(=O)O)cc2n1CCS(=O)(=O)O. The maximum atomic E-state index is 11.6. The Bertz CT molecular complexity index is 1210. The first-order chi connectivity index (χ1) is 17.5. The summed E-state index contributed by atoms with van der Waals surface area (Å²) >= 11 is 5.57. The zero-order valence-electron chi connectivity index (χ0n) is 21.9. The summed E-state index contributed by atoms with van der Waals surface area (Å²) in [4.78, 5) is 4.99. The van der Waals surface area contributed by atoms with Gasteiger partial charge in [-0.15, -0.1) is 0 Å². The van der Waals surface area contributed by atoms with E-state index in [-0.39, 0.29) is 11.4 Å². The summed E-state index contributed by atoms with van der Waals surface area (Å²) < 4.78 is 65.9. The number of thiocarbonyl (C=S) groups is 1. The van der Waals surface area contributed by atoms with Crippen LogP contribution in [0.3, 0.4) is 0 Å². The molecule has 0 aliphatic carbocycles. The summed E-state index contributed by atoms with van der Waals surface area (Å²) in [5.74, 6) is -0.0430. The van der Waals surface area contributed by atoms with E-state index in [1.165, 1.54) is 88.8 Å². The van der Waals surface area contributed by atoms with Crippen molar-refractivity contribution >= 4 is 48.4 Å². The van der Waals surface area contributed by atoms with Crippen molar-refractivity contribution in [2.75, 3.05) is 5.75 Å². The number of hydrogen-bond acceptors (Lipinski definition) is 6. The predicted molar refractivity (Wildman–Crippen MR) is 153 cm³/mol. The molecule has 8 nitrogen and oxygen atoms in total. The van der Waals surface area contributed by atoms with E-state index in [2.05, 4.69) is 11.9 Å². The van der Waals surface area contributed by atoms with Crippen LogP contribution >= 0.6 is 12.2 Å². The van der Waals surface area contributed by atoms with Gasteiger partial charge >= 0.3 is 0 Å². The monoisotopic (exact) mass is 574 g/mol. The van der Waals surface area contributed by atoms with E-state index in [9.17, 15) is 25.9 Å². The molecule has 1 aromatic heterocycles. The molecule has 11 heteroatoms. The third-order valence-corrected chi connectivity index (χ3v) is 8.48. The summed E-state index contributed by atoms with van der Waals surface area (Å²) in [5.41, 5.74) is 0.819. The maximum Gasteiger partial charge on any atom is 0.294 e. The molecule has 0 saturated carbocycles. The van der Waals surface area contributed by atoms with Crippen molar-refractivity contribution < 1.29 is 25.9 Å². The number of fused-ring (bicyclic) bond motifs is 1. The van der Waals surface area contributed by atoms with E-state index >= 15 is 0 Å². The Labute approximate surface area is 227 Å². The van der Waals surface area contributed by atoms with E-state index in [4.69, 9.17) is 12.2 Å². The molecule has 0 unspecified atom stereocenters. The van der Waals surface area contributed by atoms with Crippen LogP contribution < -0.4 is 0 Å². The Hall–Kier alpha value is -1.40. The number of benzene rings is 1. The van der Waals surface area contributed by atoms with Gasteiger partial charge in [-0.3, -0.25) is 9.11 Å². The first-order valence-corrected chi connectivity index (χ1v) is 16.9. The van der Waals surface area contributed by atoms with E-state index in [1.54, 1.807) is 4.57 Å². The summed E-state index contributed by atoms with van der Waals surface area (Å²) in [6.07, 6.45) is 17.6. The van der Waals surface area contributed by atoms with Crippen molar-refractivity contribution in [2.24, 2.45) is 0 Å². The van der Waals surface area contributed by atoms with Crippen LogP contribution in [0, 0.1) is 0 Å². The number of unbranched alkanes of at least 4 members (excludes halogenated alkanes) is 12. The van der Waals surface area contributed by atoms with Crippen LogP contribution in [0.25, 0.3) is 11.0 Å². The molecule has 210 valence electrons. The molecule has 0 amide bonds. The van der Waals surface area contributed by atoms with Gasteiger partial charge in [0.25, 0.3) is 20.2 Å². The topological polar surface area (TPSA) is 127 Å². The largest absolute Gasteiger partial charge is 0.327 e. The zero-order chi connectivity index (χ0) is 27.3. The highest BCUT2D eigenvalue weighted by Crippen LogP contribution is 2.22. The van der Waals surface area contributed by atoms with Crippen molar-refractivity contribution in [3.05, 3.63) is 24.0 Å². The summed E-state index contributed by atoms with van der Waals surface area (Å²) in [6.45, 7) is 2.13. The van der Waals surface area contributed by atoms with Crippen molar-refractivity contribution in [3.63, 3.8) is 0 Å². The van der Waals surface area contributed by atoms with Crippen molar-refractivity contribution in [1.82, 2.24) is 9.55 Å². The molecule has 1 heterocycles. The van der Waals surface area contributed by atoms with Crippen LogP contribution in [-0.2, 0) is 33.2 Å². The lowest BCUT2D eigenvalue weighted by Crippen LogP contribution is -2.15. The molecule has 0 saturated heterocycles. The second-order valence-corrected chi connectivity index (χ2v) is 13.4. The van der Waals surface area contributed by atoms with Gasteiger partial charge in [-0.05, 0) is 31.0 Å². The summed E-state index contributed by atoms with van der Waals surface area (Å²) in [5, 5.41) is 0. The fourth-order valence-electron chi connectivity index (χ4n) is 4.51. The first-order valence-electron chi connectivity index (χ1n) is 13.4. The number of aryl methyl sites for hydroxylation is 1. The van der Waals surface area contributed by atoms with Gasteiger partial charge in [-0.1, -0.05) is 96.2 Å². The predicted octanol–water partition coefficient (Wildman–Crippen LogP) is 6.56. The molecule has 0 aliphatic rings. The highest BCUT2D eigenvalue weighted by molar-refractivity contribution is 7.86. The van der Waals surface area contributed by atoms with Gasteiger partial charge in [0, 0.05) is 17.8 Å². The van der Waals surface area contributed by atoms with Gasteiger partial charge in [0.05, 0.1) is 21.7 Å². The van der Waals surface area contributed by atoms with Crippen LogP contribution in [0.4, 0.5) is 0 Å². The van der Waals surface area contributed by atoms with Crippen LogP contribution in [0.1, 0.15) is 103 Å². The van der Waals surface area contributed by atoms with E-state index in [1.807, 2.05) is 0 Å². The van der Waals surface area contributed by atoms with Crippen LogP contribution in [0.2, 0.25) is 0 Å². The molecule has 2 rings (SSSR count). The molecule has 0 bridgehead atoms. The molecule has 2 N–H and O–H groups in total. The smallest absolute Gasteiger partial charge is 0.294 e. The molecular formula is C26H42N2O6S3. The second kappa shape index (κ2) is 15.9. The van der Waals surface area contributed by atoms with Crippen molar-refractivity contribution in [1.29, 1.82) is 0 Å². The Balaban J connectivity index is 1.81. The summed E-state index contributed by atoms with van der Waals surface area (Å²) in [6, 6.07) is 3.95. The molecule has 0 spiro atoms. The number of hydrogen-bond donors (Lipinski definition) is 2. The van der Waals surface area contributed by atoms with Crippen molar-refractivity contribution in [2.45, 2.75) is 115 Å². The van der Waals surface area contributed by atoms with Crippen LogP contribution in [0.5, 0.6) is 0 Å². The van der Waals surface area contributed by atoms with Gasteiger partial charge in [0.2, 0.25) is 0 Å². The fraction of sp³-hybridized carbons (Fsp3) is 0.692. The number of nitrogens with zero attached hydrogens (tertiary/aromatic N) is 2. The highest BCUT2D eigenvalue weighted by Gasteiger charge is 2.18. The zero-order valence-corrected chi connectivity index (χ0v) is 24.3. The fourth-order valence-corrected chi connectivity index (χ4v) is 5.70. The Morgan fingerprint density at radius 2 is 1.41 bits per heavy atom.